The van der Waals surface area contributed by atoms with E-state index in [-0.39, 0.29) is 18.2 Å². The fraction of sp³-hybridized carbons (Fsp3) is 0.150. The predicted molar refractivity (Wildman–Crippen MR) is 106 cm³/mol. The van der Waals surface area contributed by atoms with Gasteiger partial charge in [-0.15, -0.1) is 11.3 Å². The quantitative estimate of drug-likeness (QED) is 0.609. The van der Waals surface area contributed by atoms with E-state index >= 15 is 0 Å². The molecule has 1 N–H and O–H groups in total. The Morgan fingerprint density at radius 3 is 2.70 bits per heavy atom. The smallest absolute Gasteiger partial charge is 0.358 e. The Kier molecular flexibility index (Phi) is 6.57. The van der Waals surface area contributed by atoms with Crippen LogP contribution < -0.4 is 5.32 Å². The molecule has 3 aromatic rings. The molecule has 0 saturated carbocycles. The lowest BCUT2D eigenvalue weighted by Crippen LogP contribution is -2.30. The van der Waals surface area contributed by atoms with Crippen molar-refractivity contribution in [2.45, 2.75) is 6.42 Å². The van der Waals surface area contributed by atoms with Crippen LogP contribution in [0, 0.1) is 0 Å². The van der Waals surface area contributed by atoms with E-state index in [0.29, 0.717) is 16.6 Å². The molecule has 7 heteroatoms. The highest BCUT2D eigenvalue weighted by Crippen LogP contribution is 2.26. The van der Waals surface area contributed by atoms with Gasteiger partial charge in [0.1, 0.15) is 5.01 Å². The van der Waals surface area contributed by atoms with Crippen LogP contribution in [0.2, 0.25) is 5.02 Å². The Bertz CT molecular complexity index is 928. The van der Waals surface area contributed by atoms with E-state index in [1.807, 2.05) is 42.5 Å². The van der Waals surface area contributed by atoms with E-state index < -0.39 is 5.97 Å². The zero-order valence-corrected chi connectivity index (χ0v) is 15.9. The molecule has 0 bridgehead atoms. The molecule has 0 aliphatic rings. The lowest BCUT2D eigenvalue weighted by atomic mass is 10.1. The molecule has 5 nitrogen and oxygen atoms in total. The molecular weight excluding hydrogens is 384 g/mol. The number of amides is 1. The van der Waals surface area contributed by atoms with Crippen molar-refractivity contribution in [1.82, 2.24) is 10.3 Å². The van der Waals surface area contributed by atoms with Crippen LogP contribution in [0.25, 0.3) is 10.6 Å². The summed E-state index contributed by atoms with van der Waals surface area (Å²) in [5, 5.41) is 5.59. The topological polar surface area (TPSA) is 68.3 Å². The fourth-order valence-corrected chi connectivity index (χ4v) is 3.35. The number of hydrogen-bond acceptors (Lipinski definition) is 5. The van der Waals surface area contributed by atoms with Crippen molar-refractivity contribution < 1.29 is 14.3 Å². The molecule has 3 rings (SSSR count). The summed E-state index contributed by atoms with van der Waals surface area (Å²) in [4.78, 5) is 28.1. The minimum absolute atomic E-state index is 0.173. The van der Waals surface area contributed by atoms with Crippen LogP contribution >= 0.6 is 22.9 Å². The first-order chi connectivity index (χ1) is 13.1. The maximum Gasteiger partial charge on any atom is 0.358 e. The average molecular weight is 401 g/mol. The predicted octanol–water partition coefficient (Wildman–Crippen LogP) is 3.98. The molecule has 1 aromatic heterocycles. The highest BCUT2D eigenvalue weighted by atomic mass is 35.5. The van der Waals surface area contributed by atoms with Crippen LogP contribution in [0.1, 0.15) is 16.1 Å². The zero-order valence-electron chi connectivity index (χ0n) is 14.4. The molecule has 0 unspecified atom stereocenters. The van der Waals surface area contributed by atoms with E-state index in [4.69, 9.17) is 16.3 Å². The number of nitrogens with one attached hydrogen (secondary N) is 1. The second-order valence-electron chi connectivity index (χ2n) is 5.71. The maximum absolute atomic E-state index is 12.1. The number of benzene rings is 2. The summed E-state index contributed by atoms with van der Waals surface area (Å²) < 4.78 is 5.03. The van der Waals surface area contributed by atoms with Crippen molar-refractivity contribution in [2.75, 3.05) is 13.2 Å². The molecule has 1 amide bonds. The summed E-state index contributed by atoms with van der Waals surface area (Å²) in [5.74, 6) is -0.970. The second-order valence-corrected chi connectivity index (χ2v) is 7.00. The Morgan fingerprint density at radius 1 is 1.11 bits per heavy atom. The van der Waals surface area contributed by atoms with Gasteiger partial charge in [0.05, 0.1) is 0 Å². The summed E-state index contributed by atoms with van der Waals surface area (Å²) in [6.07, 6.45) is 0.718. The van der Waals surface area contributed by atoms with Gasteiger partial charge in [0, 0.05) is 22.5 Å². The van der Waals surface area contributed by atoms with Gasteiger partial charge in [-0.3, -0.25) is 4.79 Å². The van der Waals surface area contributed by atoms with Crippen LogP contribution in [0.4, 0.5) is 0 Å². The molecule has 0 atom stereocenters. The normalized spacial score (nSPS) is 10.4. The Hall–Kier alpha value is -2.70. The lowest BCUT2D eigenvalue weighted by molar-refractivity contribution is -0.124. The van der Waals surface area contributed by atoms with Crippen molar-refractivity contribution in [3.05, 3.63) is 76.3 Å². The standard InChI is InChI=1S/C20H17ClN2O3S/c21-16-8-4-7-15(11-16)19-23-17(13-27-19)20(25)26-12-18(24)22-10-9-14-5-2-1-3-6-14/h1-8,11,13H,9-10,12H2,(H,22,24). The van der Waals surface area contributed by atoms with E-state index in [1.165, 1.54) is 11.3 Å². The number of aromatic nitrogens is 1. The molecule has 1 heterocycles. The van der Waals surface area contributed by atoms with E-state index in [1.54, 1.807) is 17.5 Å². The number of carbonyl (C=O) groups excluding carboxylic acids is 2. The summed E-state index contributed by atoms with van der Waals surface area (Å²) in [5.41, 5.74) is 2.13. The largest absolute Gasteiger partial charge is 0.451 e. The van der Waals surface area contributed by atoms with Crippen molar-refractivity contribution >= 4 is 34.8 Å². The van der Waals surface area contributed by atoms with Gasteiger partial charge in [0.15, 0.2) is 12.3 Å². The SMILES string of the molecule is O=C(COC(=O)c1csc(-c2cccc(Cl)c2)n1)NCCc1ccccc1. The van der Waals surface area contributed by atoms with Crippen LogP contribution in [-0.4, -0.2) is 30.0 Å². The molecule has 2 aromatic carbocycles. The van der Waals surface area contributed by atoms with Crippen molar-refractivity contribution in [2.24, 2.45) is 0 Å². The van der Waals surface area contributed by atoms with Gasteiger partial charge in [-0.25, -0.2) is 9.78 Å². The molecule has 0 aliphatic heterocycles. The van der Waals surface area contributed by atoms with Gasteiger partial charge in [-0.2, -0.15) is 0 Å². The van der Waals surface area contributed by atoms with E-state index in [2.05, 4.69) is 10.3 Å². The first-order valence-corrected chi connectivity index (χ1v) is 9.57. The summed E-state index contributed by atoms with van der Waals surface area (Å²) in [7, 11) is 0. The number of rotatable bonds is 7. The third-order valence-electron chi connectivity index (χ3n) is 3.70. The summed E-state index contributed by atoms with van der Waals surface area (Å²) in [6, 6.07) is 17.0. The van der Waals surface area contributed by atoms with Crippen LogP contribution in [0.15, 0.2) is 60.0 Å². The van der Waals surface area contributed by atoms with Crippen LogP contribution in [-0.2, 0) is 16.0 Å². The molecule has 27 heavy (non-hydrogen) atoms. The number of esters is 1. The molecule has 0 radical (unpaired) electrons. The van der Waals surface area contributed by atoms with Crippen molar-refractivity contribution in [3.63, 3.8) is 0 Å². The molecule has 0 spiro atoms. The van der Waals surface area contributed by atoms with Gasteiger partial charge in [0.25, 0.3) is 5.91 Å². The van der Waals surface area contributed by atoms with Gasteiger partial charge in [0.2, 0.25) is 0 Å². The zero-order chi connectivity index (χ0) is 19.1. The van der Waals surface area contributed by atoms with Gasteiger partial charge < -0.3 is 10.1 Å². The summed E-state index contributed by atoms with van der Waals surface area (Å²) >= 11 is 7.28. The lowest BCUT2D eigenvalue weighted by Gasteiger charge is -2.06. The molecule has 0 saturated heterocycles. The van der Waals surface area contributed by atoms with Gasteiger partial charge >= 0.3 is 5.97 Å². The summed E-state index contributed by atoms with van der Waals surface area (Å²) in [6.45, 7) is 0.146. The first kappa shape index (κ1) is 19.1. The second kappa shape index (κ2) is 9.30. The Labute approximate surface area is 166 Å². The molecular formula is C20H17ClN2O3S. The third-order valence-corrected chi connectivity index (χ3v) is 4.82. The average Bonchev–Trinajstić information content (AvgIpc) is 3.17. The third kappa shape index (κ3) is 5.64. The molecule has 0 fully saturated rings. The van der Waals surface area contributed by atoms with Crippen molar-refractivity contribution in [3.8, 4) is 10.6 Å². The number of halogens is 1. The first-order valence-electron chi connectivity index (χ1n) is 8.31. The number of ether oxygens (including phenoxy) is 1. The van der Waals surface area contributed by atoms with Gasteiger partial charge in [-0.05, 0) is 24.1 Å². The van der Waals surface area contributed by atoms with Crippen LogP contribution in [0.3, 0.4) is 0 Å². The highest BCUT2D eigenvalue weighted by Gasteiger charge is 2.15. The van der Waals surface area contributed by atoms with Crippen LogP contribution in [0.5, 0.6) is 0 Å². The number of carbonyl (C=O) groups is 2. The fourth-order valence-electron chi connectivity index (χ4n) is 2.37. The van der Waals surface area contributed by atoms with Crippen molar-refractivity contribution in [1.29, 1.82) is 0 Å². The molecule has 138 valence electrons. The minimum Gasteiger partial charge on any atom is -0.451 e. The Morgan fingerprint density at radius 2 is 1.93 bits per heavy atom. The van der Waals surface area contributed by atoms with E-state index in [0.717, 1.165) is 17.5 Å². The highest BCUT2D eigenvalue weighted by molar-refractivity contribution is 7.13. The van der Waals surface area contributed by atoms with E-state index in [9.17, 15) is 9.59 Å². The minimum atomic E-state index is -0.627. The number of hydrogen-bond donors (Lipinski definition) is 1. The monoisotopic (exact) mass is 400 g/mol. The Balaban J connectivity index is 1.46. The maximum atomic E-state index is 12.1. The van der Waals surface area contributed by atoms with Gasteiger partial charge in [-0.1, -0.05) is 54.1 Å². The molecule has 0 aliphatic carbocycles. The number of nitrogens with zero attached hydrogens (tertiary/aromatic N) is 1. The number of thiazole rings is 1.